The average molecular weight is 331 g/mol. The van der Waals surface area contributed by atoms with Crippen LogP contribution in [0.25, 0.3) is 10.8 Å². The number of aromatic nitrogens is 2. The van der Waals surface area contributed by atoms with Crippen molar-refractivity contribution in [2.75, 3.05) is 31.1 Å². The SMILES string of the molecule is N#Cc1cc(C(=O)N2CCN(c3cncc4ccccc34)CC2)c[nH]1. The summed E-state index contributed by atoms with van der Waals surface area (Å²) in [7, 11) is 0. The van der Waals surface area contributed by atoms with Crippen molar-refractivity contribution in [3.63, 3.8) is 0 Å². The summed E-state index contributed by atoms with van der Waals surface area (Å²) in [6, 6.07) is 11.8. The van der Waals surface area contributed by atoms with E-state index in [0.29, 0.717) is 24.3 Å². The van der Waals surface area contributed by atoms with Crippen molar-refractivity contribution in [1.29, 1.82) is 5.26 Å². The molecular weight excluding hydrogens is 314 g/mol. The molecule has 0 atom stereocenters. The third-order valence-corrected chi connectivity index (χ3v) is 4.61. The van der Waals surface area contributed by atoms with E-state index in [4.69, 9.17) is 5.26 Å². The zero-order valence-corrected chi connectivity index (χ0v) is 13.6. The van der Waals surface area contributed by atoms with E-state index in [0.717, 1.165) is 24.2 Å². The first-order valence-electron chi connectivity index (χ1n) is 8.22. The number of nitrogens with zero attached hydrogens (tertiary/aromatic N) is 4. The zero-order valence-electron chi connectivity index (χ0n) is 13.6. The summed E-state index contributed by atoms with van der Waals surface area (Å²) in [5, 5.41) is 11.2. The molecule has 1 aliphatic heterocycles. The van der Waals surface area contributed by atoms with Crippen LogP contribution in [0.4, 0.5) is 5.69 Å². The lowest BCUT2D eigenvalue weighted by molar-refractivity contribution is 0.0747. The molecule has 0 spiro atoms. The molecule has 2 aromatic heterocycles. The highest BCUT2D eigenvalue weighted by molar-refractivity contribution is 5.95. The summed E-state index contributed by atoms with van der Waals surface area (Å²) in [5.41, 5.74) is 2.05. The van der Waals surface area contributed by atoms with E-state index in [1.54, 1.807) is 12.3 Å². The van der Waals surface area contributed by atoms with Crippen molar-refractivity contribution in [3.05, 3.63) is 60.2 Å². The van der Waals surface area contributed by atoms with Crippen molar-refractivity contribution in [3.8, 4) is 6.07 Å². The van der Waals surface area contributed by atoms with Gasteiger partial charge in [0.2, 0.25) is 0 Å². The molecule has 1 aromatic carbocycles. The molecule has 124 valence electrons. The van der Waals surface area contributed by atoms with Gasteiger partial charge in [0.15, 0.2) is 0 Å². The summed E-state index contributed by atoms with van der Waals surface area (Å²) < 4.78 is 0. The van der Waals surface area contributed by atoms with Gasteiger partial charge in [0, 0.05) is 49.3 Å². The van der Waals surface area contributed by atoms with Crippen LogP contribution in [-0.2, 0) is 0 Å². The molecule has 3 aromatic rings. The number of hydrogen-bond donors (Lipinski definition) is 1. The number of hydrogen-bond acceptors (Lipinski definition) is 4. The van der Waals surface area contributed by atoms with Gasteiger partial charge in [-0.3, -0.25) is 9.78 Å². The Morgan fingerprint density at radius 3 is 2.72 bits per heavy atom. The minimum atomic E-state index is -0.0338. The number of nitriles is 1. The van der Waals surface area contributed by atoms with Crippen molar-refractivity contribution >= 4 is 22.4 Å². The molecule has 0 saturated carbocycles. The van der Waals surface area contributed by atoms with E-state index in [1.807, 2.05) is 35.5 Å². The zero-order chi connectivity index (χ0) is 17.2. The van der Waals surface area contributed by atoms with Crippen molar-refractivity contribution < 1.29 is 4.79 Å². The summed E-state index contributed by atoms with van der Waals surface area (Å²) in [6.07, 6.45) is 5.37. The number of fused-ring (bicyclic) bond motifs is 1. The molecule has 0 radical (unpaired) electrons. The molecule has 0 bridgehead atoms. The number of H-pyrrole nitrogens is 1. The molecular formula is C19H17N5O. The summed E-state index contributed by atoms with van der Waals surface area (Å²) >= 11 is 0. The topological polar surface area (TPSA) is 76.0 Å². The van der Waals surface area contributed by atoms with Crippen LogP contribution in [0.1, 0.15) is 16.1 Å². The maximum Gasteiger partial charge on any atom is 0.255 e. The minimum Gasteiger partial charge on any atom is -0.366 e. The molecule has 1 amide bonds. The highest BCUT2D eigenvalue weighted by atomic mass is 16.2. The van der Waals surface area contributed by atoms with Gasteiger partial charge in [-0.1, -0.05) is 24.3 Å². The first kappa shape index (κ1) is 15.2. The van der Waals surface area contributed by atoms with Crippen LogP contribution >= 0.6 is 0 Å². The number of pyridine rings is 1. The van der Waals surface area contributed by atoms with Crippen molar-refractivity contribution in [1.82, 2.24) is 14.9 Å². The second-order valence-corrected chi connectivity index (χ2v) is 6.07. The molecule has 6 nitrogen and oxygen atoms in total. The van der Waals surface area contributed by atoms with Crippen LogP contribution in [0.5, 0.6) is 0 Å². The molecule has 1 fully saturated rings. The van der Waals surface area contributed by atoms with Crippen LogP contribution in [0.2, 0.25) is 0 Å². The van der Waals surface area contributed by atoms with Crippen LogP contribution in [0, 0.1) is 11.3 Å². The average Bonchev–Trinajstić information content (AvgIpc) is 3.16. The largest absolute Gasteiger partial charge is 0.366 e. The quantitative estimate of drug-likeness (QED) is 0.782. The Labute approximate surface area is 145 Å². The van der Waals surface area contributed by atoms with Gasteiger partial charge in [-0.25, -0.2) is 0 Å². The minimum absolute atomic E-state index is 0.0338. The van der Waals surface area contributed by atoms with Crippen LogP contribution in [0.15, 0.2) is 48.9 Å². The number of carbonyl (C=O) groups is 1. The molecule has 0 aliphatic carbocycles. The molecule has 0 unspecified atom stereocenters. The fourth-order valence-corrected chi connectivity index (χ4v) is 3.27. The van der Waals surface area contributed by atoms with Gasteiger partial charge in [-0.15, -0.1) is 0 Å². The third-order valence-electron chi connectivity index (χ3n) is 4.61. The monoisotopic (exact) mass is 331 g/mol. The Morgan fingerprint density at radius 1 is 1.16 bits per heavy atom. The number of carbonyl (C=O) groups excluding carboxylic acids is 1. The van der Waals surface area contributed by atoms with E-state index in [1.165, 1.54) is 5.39 Å². The second kappa shape index (κ2) is 6.29. The van der Waals surface area contributed by atoms with Crippen LogP contribution in [0.3, 0.4) is 0 Å². The lowest BCUT2D eigenvalue weighted by Gasteiger charge is -2.36. The standard InChI is InChI=1S/C19H17N5O/c20-10-16-9-15(12-22-16)19(25)24-7-5-23(6-8-24)18-13-21-11-14-3-1-2-4-17(14)18/h1-4,9,11-13,22H,5-8H2. The van der Waals surface area contributed by atoms with Gasteiger partial charge in [-0.2, -0.15) is 5.26 Å². The maximum atomic E-state index is 12.6. The highest BCUT2D eigenvalue weighted by Gasteiger charge is 2.24. The third kappa shape index (κ3) is 2.81. The smallest absolute Gasteiger partial charge is 0.255 e. The molecule has 6 heteroatoms. The van der Waals surface area contributed by atoms with Crippen molar-refractivity contribution in [2.24, 2.45) is 0 Å². The molecule has 3 heterocycles. The Balaban J connectivity index is 1.49. The van der Waals surface area contributed by atoms with E-state index in [9.17, 15) is 4.79 Å². The normalized spacial score (nSPS) is 14.5. The van der Waals surface area contributed by atoms with Gasteiger partial charge >= 0.3 is 0 Å². The van der Waals surface area contributed by atoms with E-state index in [-0.39, 0.29) is 5.91 Å². The number of aromatic amines is 1. The van der Waals surface area contributed by atoms with E-state index >= 15 is 0 Å². The predicted molar refractivity (Wildman–Crippen MR) is 95.4 cm³/mol. The predicted octanol–water partition coefficient (Wildman–Crippen LogP) is 2.40. The van der Waals surface area contributed by atoms with Gasteiger partial charge in [0.1, 0.15) is 11.8 Å². The first-order chi connectivity index (χ1) is 12.3. The number of benzene rings is 1. The summed E-state index contributed by atoms with van der Waals surface area (Å²) in [6.45, 7) is 2.82. The molecule has 4 rings (SSSR count). The molecule has 1 saturated heterocycles. The molecule has 1 N–H and O–H groups in total. The van der Waals surface area contributed by atoms with Crippen LogP contribution < -0.4 is 4.90 Å². The molecule has 1 aliphatic rings. The van der Waals surface area contributed by atoms with Crippen molar-refractivity contribution in [2.45, 2.75) is 0 Å². The van der Waals surface area contributed by atoms with E-state index in [2.05, 4.69) is 27.0 Å². The molecule has 25 heavy (non-hydrogen) atoms. The summed E-state index contributed by atoms with van der Waals surface area (Å²) in [5.74, 6) is -0.0338. The number of rotatable bonds is 2. The summed E-state index contributed by atoms with van der Waals surface area (Å²) in [4.78, 5) is 23.8. The Bertz CT molecular complexity index is 958. The fourth-order valence-electron chi connectivity index (χ4n) is 3.27. The van der Waals surface area contributed by atoms with Gasteiger partial charge in [-0.05, 0) is 6.07 Å². The Morgan fingerprint density at radius 2 is 1.96 bits per heavy atom. The number of amides is 1. The highest BCUT2D eigenvalue weighted by Crippen LogP contribution is 2.26. The van der Waals surface area contributed by atoms with Gasteiger partial charge in [0.05, 0.1) is 17.4 Å². The Hall–Kier alpha value is -3.33. The lowest BCUT2D eigenvalue weighted by Crippen LogP contribution is -2.48. The van der Waals surface area contributed by atoms with E-state index < -0.39 is 0 Å². The first-order valence-corrected chi connectivity index (χ1v) is 8.22. The van der Waals surface area contributed by atoms with Gasteiger partial charge < -0.3 is 14.8 Å². The Kier molecular flexibility index (Phi) is 3.82. The fraction of sp³-hybridized carbons (Fsp3) is 0.211. The number of piperazine rings is 1. The number of nitrogens with one attached hydrogen (secondary N) is 1. The second-order valence-electron chi connectivity index (χ2n) is 6.07. The maximum absolute atomic E-state index is 12.6. The van der Waals surface area contributed by atoms with Gasteiger partial charge in [0.25, 0.3) is 5.91 Å². The van der Waals surface area contributed by atoms with Crippen LogP contribution in [-0.4, -0.2) is 47.0 Å². The number of anilines is 1. The lowest BCUT2D eigenvalue weighted by atomic mass is 10.1.